The van der Waals surface area contributed by atoms with Crippen molar-refractivity contribution in [2.45, 2.75) is 24.7 Å². The average Bonchev–Trinajstić information content (AvgIpc) is 3.14. The second-order valence-corrected chi connectivity index (χ2v) is 9.13. The molecule has 0 aromatic heterocycles. The highest BCUT2D eigenvalue weighted by Crippen LogP contribution is 2.34. The largest absolute Gasteiger partial charge is 0.454 e. The molecule has 0 unspecified atom stereocenters. The van der Waals surface area contributed by atoms with Crippen LogP contribution in [-0.2, 0) is 14.8 Å². The smallest absolute Gasteiger partial charge is 0.245 e. The summed E-state index contributed by atoms with van der Waals surface area (Å²) in [5.41, 5.74) is 0.480. The maximum atomic E-state index is 13.1. The van der Waals surface area contributed by atoms with E-state index in [0.29, 0.717) is 23.6 Å². The predicted molar refractivity (Wildman–Crippen MR) is 111 cm³/mol. The third kappa shape index (κ3) is 5.14. The first kappa shape index (κ1) is 21.7. The molecule has 1 heterocycles. The van der Waals surface area contributed by atoms with Gasteiger partial charge in [-0.25, -0.2) is 8.42 Å². The molecule has 10 heteroatoms. The first-order valence-corrected chi connectivity index (χ1v) is 11.2. The number of nitrogens with one attached hydrogen (secondary N) is 1. The van der Waals surface area contributed by atoms with Gasteiger partial charge < -0.3 is 14.8 Å². The van der Waals surface area contributed by atoms with Crippen LogP contribution in [0.4, 0.5) is 5.69 Å². The number of hydrogen-bond donors (Lipinski definition) is 1. The molecule has 0 bridgehead atoms. The lowest BCUT2D eigenvalue weighted by molar-refractivity contribution is -0.116. The molecule has 0 radical (unpaired) electrons. The van der Waals surface area contributed by atoms with Crippen molar-refractivity contribution in [2.75, 3.05) is 25.2 Å². The highest BCUT2D eigenvalue weighted by atomic mass is 35.5. The number of hydrogen-bond acceptors (Lipinski definition) is 5. The summed E-state index contributed by atoms with van der Waals surface area (Å²) in [5.74, 6) is 0.622. The van der Waals surface area contributed by atoms with E-state index in [9.17, 15) is 13.2 Å². The fourth-order valence-electron chi connectivity index (χ4n) is 2.77. The number of carbonyl (C=O) groups excluding carboxylic acids is 1. The lowest BCUT2D eigenvalue weighted by Gasteiger charge is -2.22. The topological polar surface area (TPSA) is 84.9 Å². The van der Waals surface area contributed by atoms with E-state index in [1.165, 1.54) is 18.2 Å². The van der Waals surface area contributed by atoms with Gasteiger partial charge in [0.2, 0.25) is 22.7 Å². The molecular weight excluding hydrogens is 439 g/mol. The quantitative estimate of drug-likeness (QED) is 0.641. The van der Waals surface area contributed by atoms with Gasteiger partial charge in [-0.05, 0) is 36.8 Å². The Hall–Kier alpha value is -2.00. The molecule has 0 saturated heterocycles. The van der Waals surface area contributed by atoms with Gasteiger partial charge >= 0.3 is 0 Å². The lowest BCUT2D eigenvalue weighted by atomic mass is 10.2. The second-order valence-electron chi connectivity index (χ2n) is 6.38. The summed E-state index contributed by atoms with van der Waals surface area (Å²) in [6, 6.07) is 9.17. The van der Waals surface area contributed by atoms with Gasteiger partial charge in [0.15, 0.2) is 11.5 Å². The van der Waals surface area contributed by atoms with Crippen molar-refractivity contribution in [1.29, 1.82) is 0 Å². The first-order chi connectivity index (χ1) is 13.8. The highest BCUT2D eigenvalue weighted by molar-refractivity contribution is 7.89. The highest BCUT2D eigenvalue weighted by Gasteiger charge is 2.28. The first-order valence-electron chi connectivity index (χ1n) is 8.96. The normalized spacial score (nSPS) is 13.0. The van der Waals surface area contributed by atoms with E-state index in [4.69, 9.17) is 32.7 Å². The van der Waals surface area contributed by atoms with Crippen molar-refractivity contribution in [3.63, 3.8) is 0 Å². The van der Waals surface area contributed by atoms with Gasteiger partial charge in [-0.3, -0.25) is 4.79 Å². The van der Waals surface area contributed by atoms with Gasteiger partial charge in [0, 0.05) is 23.3 Å². The van der Waals surface area contributed by atoms with E-state index in [1.807, 2.05) is 6.92 Å². The average molecular weight is 459 g/mol. The van der Waals surface area contributed by atoms with Crippen LogP contribution in [0.1, 0.15) is 19.8 Å². The predicted octanol–water partition coefficient (Wildman–Crippen LogP) is 4.15. The number of amides is 1. The molecule has 7 nitrogen and oxygen atoms in total. The van der Waals surface area contributed by atoms with Crippen molar-refractivity contribution in [2.24, 2.45) is 0 Å². The summed E-state index contributed by atoms with van der Waals surface area (Å²) in [6.45, 7) is 1.87. The molecule has 3 rings (SSSR count). The summed E-state index contributed by atoms with van der Waals surface area (Å²) >= 11 is 12.0. The SMILES string of the molecule is CCCCN(CC(=O)Nc1ccc2c(c1)OCO2)S(=O)(=O)c1cc(Cl)ccc1Cl. The Labute approximate surface area is 179 Å². The van der Waals surface area contributed by atoms with Crippen LogP contribution in [0.5, 0.6) is 11.5 Å². The Morgan fingerprint density at radius 1 is 1.14 bits per heavy atom. The zero-order chi connectivity index (χ0) is 21.0. The van der Waals surface area contributed by atoms with Crippen LogP contribution in [0.2, 0.25) is 10.0 Å². The number of nitrogens with zero attached hydrogens (tertiary/aromatic N) is 1. The van der Waals surface area contributed by atoms with Crippen LogP contribution in [0.25, 0.3) is 0 Å². The Kier molecular flexibility index (Phi) is 6.89. The van der Waals surface area contributed by atoms with Crippen molar-refractivity contribution >= 4 is 44.8 Å². The van der Waals surface area contributed by atoms with Crippen LogP contribution in [-0.4, -0.2) is 38.5 Å². The van der Waals surface area contributed by atoms with Crippen LogP contribution < -0.4 is 14.8 Å². The molecule has 1 aliphatic rings. The molecule has 0 spiro atoms. The number of rotatable bonds is 8. The lowest BCUT2D eigenvalue weighted by Crippen LogP contribution is -2.38. The molecule has 2 aromatic carbocycles. The summed E-state index contributed by atoms with van der Waals surface area (Å²) in [4.78, 5) is 12.4. The van der Waals surface area contributed by atoms with Crippen LogP contribution in [0, 0.1) is 0 Å². The number of fused-ring (bicyclic) bond motifs is 1. The molecule has 1 aliphatic heterocycles. The number of unbranched alkanes of at least 4 members (excludes halogenated alkanes) is 1. The molecular formula is C19H20Cl2N2O5S. The van der Waals surface area contributed by atoms with Crippen molar-refractivity contribution in [1.82, 2.24) is 4.31 Å². The minimum Gasteiger partial charge on any atom is -0.454 e. The van der Waals surface area contributed by atoms with Gasteiger partial charge in [0.1, 0.15) is 4.90 Å². The Morgan fingerprint density at radius 2 is 1.90 bits per heavy atom. The summed E-state index contributed by atoms with van der Waals surface area (Å²) < 4.78 is 37.9. The number of carbonyl (C=O) groups is 1. The van der Waals surface area contributed by atoms with E-state index >= 15 is 0 Å². The zero-order valence-electron chi connectivity index (χ0n) is 15.7. The summed E-state index contributed by atoms with van der Waals surface area (Å²) in [5, 5.41) is 2.98. The van der Waals surface area contributed by atoms with Crippen LogP contribution in [0.15, 0.2) is 41.3 Å². The van der Waals surface area contributed by atoms with Crippen molar-refractivity contribution < 1.29 is 22.7 Å². The van der Waals surface area contributed by atoms with E-state index in [1.54, 1.807) is 18.2 Å². The monoisotopic (exact) mass is 458 g/mol. The van der Waals surface area contributed by atoms with Crippen molar-refractivity contribution in [3.05, 3.63) is 46.4 Å². The fraction of sp³-hybridized carbons (Fsp3) is 0.316. The Balaban J connectivity index is 1.79. The Bertz CT molecular complexity index is 1010. The van der Waals surface area contributed by atoms with E-state index in [-0.39, 0.29) is 34.8 Å². The van der Waals surface area contributed by atoms with Gasteiger partial charge in [-0.1, -0.05) is 36.5 Å². The number of anilines is 1. The number of halogens is 2. The second kappa shape index (κ2) is 9.21. The molecule has 2 aromatic rings. The standard InChI is InChI=1S/C19H20Cl2N2O5S/c1-2-3-8-23(29(25,26)18-9-13(20)4-6-15(18)21)11-19(24)22-14-5-7-16-17(10-14)28-12-27-16/h4-7,9-10H,2-3,8,11-12H2,1H3,(H,22,24). The van der Waals surface area contributed by atoms with E-state index in [2.05, 4.69) is 5.32 Å². The molecule has 29 heavy (non-hydrogen) atoms. The third-order valence-electron chi connectivity index (χ3n) is 4.25. The fourth-order valence-corrected chi connectivity index (χ4v) is 4.94. The maximum Gasteiger partial charge on any atom is 0.245 e. The third-order valence-corrected chi connectivity index (χ3v) is 6.81. The molecule has 0 saturated carbocycles. The molecule has 1 N–H and O–H groups in total. The van der Waals surface area contributed by atoms with E-state index in [0.717, 1.165) is 10.7 Å². The molecule has 0 aliphatic carbocycles. The minimum atomic E-state index is -4.01. The van der Waals surface area contributed by atoms with Crippen molar-refractivity contribution in [3.8, 4) is 11.5 Å². The van der Waals surface area contributed by atoms with Crippen LogP contribution in [0.3, 0.4) is 0 Å². The maximum absolute atomic E-state index is 13.1. The number of benzene rings is 2. The Morgan fingerprint density at radius 3 is 2.66 bits per heavy atom. The zero-order valence-corrected chi connectivity index (χ0v) is 18.0. The molecule has 1 amide bonds. The molecule has 0 atom stereocenters. The molecule has 156 valence electrons. The number of sulfonamides is 1. The van der Waals surface area contributed by atoms with Gasteiger partial charge in [-0.2, -0.15) is 4.31 Å². The van der Waals surface area contributed by atoms with Crippen LogP contribution >= 0.6 is 23.2 Å². The van der Waals surface area contributed by atoms with Gasteiger partial charge in [-0.15, -0.1) is 0 Å². The molecule has 0 fully saturated rings. The summed E-state index contributed by atoms with van der Waals surface area (Å²) in [6.07, 6.45) is 1.35. The van der Waals surface area contributed by atoms with Gasteiger partial charge in [0.25, 0.3) is 0 Å². The number of ether oxygens (including phenoxy) is 2. The van der Waals surface area contributed by atoms with Gasteiger partial charge in [0.05, 0.1) is 11.6 Å². The summed E-state index contributed by atoms with van der Waals surface area (Å²) in [7, 11) is -4.01. The van der Waals surface area contributed by atoms with E-state index < -0.39 is 15.9 Å². The minimum absolute atomic E-state index is 0.0482.